The molecule has 1 N–H and O–H groups in total. The Balaban J connectivity index is 1.77. The lowest BCUT2D eigenvalue weighted by Crippen LogP contribution is -2.29. The summed E-state index contributed by atoms with van der Waals surface area (Å²) in [5.41, 5.74) is 0. The molecule has 1 aliphatic rings. The Hall–Kier alpha value is -1.04. The SMILES string of the molecule is O=C(CSc1nc[nH]n1)N1CCCC1. The summed E-state index contributed by atoms with van der Waals surface area (Å²) in [5.74, 6) is 0.634. The van der Waals surface area contributed by atoms with Gasteiger partial charge in [0.2, 0.25) is 11.1 Å². The molecule has 14 heavy (non-hydrogen) atoms. The van der Waals surface area contributed by atoms with Crippen molar-refractivity contribution in [1.29, 1.82) is 0 Å². The number of hydrogen-bond donors (Lipinski definition) is 1. The van der Waals surface area contributed by atoms with Gasteiger partial charge in [0, 0.05) is 13.1 Å². The molecule has 76 valence electrons. The first kappa shape index (κ1) is 9.51. The lowest BCUT2D eigenvalue weighted by molar-refractivity contribution is -0.127. The summed E-state index contributed by atoms with van der Waals surface area (Å²) in [4.78, 5) is 17.4. The zero-order chi connectivity index (χ0) is 9.80. The van der Waals surface area contributed by atoms with Crippen molar-refractivity contribution < 1.29 is 4.79 Å². The molecule has 1 aromatic heterocycles. The van der Waals surface area contributed by atoms with Gasteiger partial charge in [-0.25, -0.2) is 4.98 Å². The van der Waals surface area contributed by atoms with Crippen molar-refractivity contribution in [2.75, 3.05) is 18.8 Å². The molecule has 0 aliphatic carbocycles. The van der Waals surface area contributed by atoms with Crippen LogP contribution in [0.3, 0.4) is 0 Å². The Bertz CT molecular complexity index is 294. The fourth-order valence-electron chi connectivity index (χ4n) is 1.45. The van der Waals surface area contributed by atoms with Crippen molar-refractivity contribution in [2.45, 2.75) is 18.0 Å². The summed E-state index contributed by atoms with van der Waals surface area (Å²) >= 11 is 1.38. The molecule has 0 atom stereocenters. The largest absolute Gasteiger partial charge is 0.342 e. The van der Waals surface area contributed by atoms with Crippen molar-refractivity contribution in [3.8, 4) is 0 Å². The highest BCUT2D eigenvalue weighted by Crippen LogP contribution is 2.14. The van der Waals surface area contributed by atoms with Gasteiger partial charge in [-0.3, -0.25) is 9.89 Å². The van der Waals surface area contributed by atoms with Crippen LogP contribution in [-0.2, 0) is 4.79 Å². The second-order valence-corrected chi connectivity index (χ2v) is 4.10. The van der Waals surface area contributed by atoms with E-state index in [1.54, 1.807) is 0 Å². The maximum atomic E-state index is 11.6. The minimum Gasteiger partial charge on any atom is -0.342 e. The zero-order valence-electron chi connectivity index (χ0n) is 7.77. The molecule has 1 saturated heterocycles. The number of aromatic nitrogens is 3. The number of amides is 1. The number of H-pyrrole nitrogens is 1. The van der Waals surface area contributed by atoms with Gasteiger partial charge in [0.05, 0.1) is 5.75 Å². The number of thioether (sulfide) groups is 1. The van der Waals surface area contributed by atoms with E-state index >= 15 is 0 Å². The molecule has 2 heterocycles. The van der Waals surface area contributed by atoms with E-state index in [0.717, 1.165) is 25.9 Å². The molecule has 0 bridgehead atoms. The average Bonchev–Trinajstić information content (AvgIpc) is 2.87. The first-order chi connectivity index (χ1) is 6.86. The molecule has 6 heteroatoms. The lowest BCUT2D eigenvalue weighted by Gasteiger charge is -2.13. The Morgan fingerprint density at radius 2 is 2.36 bits per heavy atom. The number of nitrogens with zero attached hydrogens (tertiary/aromatic N) is 3. The topological polar surface area (TPSA) is 61.9 Å². The van der Waals surface area contributed by atoms with Crippen molar-refractivity contribution in [3.63, 3.8) is 0 Å². The van der Waals surface area contributed by atoms with Crippen LogP contribution in [0.4, 0.5) is 0 Å². The standard InChI is InChI=1S/C8H12N4OS/c13-7(12-3-1-2-4-12)5-14-8-9-6-10-11-8/h6H,1-5H2,(H,9,10,11). The van der Waals surface area contributed by atoms with Crippen LogP contribution in [-0.4, -0.2) is 44.8 Å². The van der Waals surface area contributed by atoms with Crippen molar-refractivity contribution in [2.24, 2.45) is 0 Å². The van der Waals surface area contributed by atoms with E-state index < -0.39 is 0 Å². The van der Waals surface area contributed by atoms with Crippen molar-refractivity contribution in [1.82, 2.24) is 20.1 Å². The van der Waals surface area contributed by atoms with Crippen LogP contribution in [0.15, 0.2) is 11.5 Å². The number of rotatable bonds is 3. The molecule has 0 aromatic carbocycles. The van der Waals surface area contributed by atoms with Crippen LogP contribution < -0.4 is 0 Å². The molecular formula is C8H12N4OS. The highest BCUT2D eigenvalue weighted by atomic mass is 32.2. The summed E-state index contributed by atoms with van der Waals surface area (Å²) < 4.78 is 0. The Morgan fingerprint density at radius 3 is 3.00 bits per heavy atom. The van der Waals surface area contributed by atoms with Crippen molar-refractivity contribution in [3.05, 3.63) is 6.33 Å². The van der Waals surface area contributed by atoms with Crippen LogP contribution in [0.25, 0.3) is 0 Å². The quantitative estimate of drug-likeness (QED) is 0.742. The summed E-state index contributed by atoms with van der Waals surface area (Å²) in [7, 11) is 0. The third-order valence-corrected chi connectivity index (χ3v) is 3.02. The molecule has 0 unspecified atom stereocenters. The molecule has 1 amide bonds. The van der Waals surface area contributed by atoms with E-state index in [2.05, 4.69) is 15.2 Å². The van der Waals surface area contributed by atoms with Crippen molar-refractivity contribution >= 4 is 17.7 Å². The van der Waals surface area contributed by atoms with Crippen LogP contribution in [0.1, 0.15) is 12.8 Å². The lowest BCUT2D eigenvalue weighted by atomic mass is 10.4. The van der Waals surface area contributed by atoms with E-state index in [9.17, 15) is 4.79 Å². The van der Waals surface area contributed by atoms with Gasteiger partial charge in [-0.2, -0.15) is 0 Å². The summed E-state index contributed by atoms with van der Waals surface area (Å²) in [6, 6.07) is 0. The fourth-order valence-corrected chi connectivity index (χ4v) is 2.13. The number of likely N-dealkylation sites (tertiary alicyclic amines) is 1. The first-order valence-corrected chi connectivity index (χ1v) is 5.61. The van der Waals surface area contributed by atoms with Crippen LogP contribution in [0, 0.1) is 0 Å². The fraction of sp³-hybridized carbons (Fsp3) is 0.625. The number of aromatic amines is 1. The maximum absolute atomic E-state index is 11.6. The molecule has 0 saturated carbocycles. The summed E-state index contributed by atoms with van der Waals surface area (Å²) in [6.07, 6.45) is 3.79. The van der Waals surface area contributed by atoms with Gasteiger partial charge < -0.3 is 4.90 Å². The second kappa shape index (κ2) is 4.45. The third kappa shape index (κ3) is 2.25. The zero-order valence-corrected chi connectivity index (χ0v) is 8.59. The number of carbonyl (C=O) groups excluding carboxylic acids is 1. The molecule has 1 fully saturated rings. The Morgan fingerprint density at radius 1 is 1.57 bits per heavy atom. The predicted octanol–water partition coefficient (Wildman–Crippen LogP) is 0.519. The number of hydrogen-bond acceptors (Lipinski definition) is 4. The summed E-state index contributed by atoms with van der Waals surface area (Å²) in [6.45, 7) is 1.82. The van der Waals surface area contributed by atoms with Gasteiger partial charge in [-0.05, 0) is 12.8 Å². The third-order valence-electron chi connectivity index (χ3n) is 2.18. The normalized spacial score (nSPS) is 16.1. The second-order valence-electron chi connectivity index (χ2n) is 3.16. The first-order valence-electron chi connectivity index (χ1n) is 4.62. The van der Waals surface area contributed by atoms with Gasteiger partial charge in [0.25, 0.3) is 0 Å². The minimum absolute atomic E-state index is 0.192. The molecule has 5 nitrogen and oxygen atoms in total. The van der Waals surface area contributed by atoms with Gasteiger partial charge in [-0.1, -0.05) is 11.8 Å². The predicted molar refractivity (Wildman–Crippen MR) is 52.9 cm³/mol. The van der Waals surface area contributed by atoms with Crippen LogP contribution >= 0.6 is 11.8 Å². The van der Waals surface area contributed by atoms with Gasteiger partial charge in [0.15, 0.2) is 0 Å². The average molecular weight is 212 g/mol. The molecular weight excluding hydrogens is 200 g/mol. The number of nitrogens with one attached hydrogen (secondary N) is 1. The Kier molecular flexibility index (Phi) is 3.03. The van der Waals surface area contributed by atoms with E-state index in [4.69, 9.17) is 0 Å². The summed E-state index contributed by atoms with van der Waals surface area (Å²) in [5, 5.41) is 7.12. The van der Waals surface area contributed by atoms with E-state index in [0.29, 0.717) is 10.9 Å². The molecule has 0 spiro atoms. The van der Waals surface area contributed by atoms with Gasteiger partial charge >= 0.3 is 0 Å². The molecule has 1 aromatic rings. The molecule has 0 radical (unpaired) electrons. The monoisotopic (exact) mass is 212 g/mol. The molecule has 2 rings (SSSR count). The van der Waals surface area contributed by atoms with Crippen LogP contribution in [0.5, 0.6) is 0 Å². The smallest absolute Gasteiger partial charge is 0.233 e. The maximum Gasteiger partial charge on any atom is 0.233 e. The van der Waals surface area contributed by atoms with Gasteiger partial charge in [0.1, 0.15) is 6.33 Å². The van der Waals surface area contributed by atoms with E-state index in [1.165, 1.54) is 18.1 Å². The number of carbonyl (C=O) groups is 1. The van der Waals surface area contributed by atoms with Crippen LogP contribution in [0.2, 0.25) is 0 Å². The minimum atomic E-state index is 0.192. The highest BCUT2D eigenvalue weighted by molar-refractivity contribution is 7.99. The van der Waals surface area contributed by atoms with E-state index in [1.807, 2.05) is 4.90 Å². The van der Waals surface area contributed by atoms with Gasteiger partial charge in [-0.15, -0.1) is 5.10 Å². The molecule has 1 aliphatic heterocycles. The Labute approximate surface area is 86.3 Å². The highest BCUT2D eigenvalue weighted by Gasteiger charge is 2.17. The van der Waals surface area contributed by atoms with E-state index in [-0.39, 0.29) is 5.91 Å².